The van der Waals surface area contributed by atoms with Crippen LogP contribution in [0.1, 0.15) is 36.4 Å². The Morgan fingerprint density at radius 2 is 2.09 bits per heavy atom. The Morgan fingerprint density at radius 1 is 1.41 bits per heavy atom. The molecular weight excluding hydrogens is 289 g/mol. The third-order valence-corrected chi connectivity index (χ3v) is 3.87. The van der Waals surface area contributed by atoms with Crippen LogP contribution in [0.3, 0.4) is 0 Å². The molecule has 0 unspecified atom stereocenters. The predicted octanol–water partition coefficient (Wildman–Crippen LogP) is 3.11. The smallest absolute Gasteiger partial charge is 0.326 e. The molecule has 0 radical (unpaired) electrons. The van der Waals surface area contributed by atoms with Gasteiger partial charge in [0.2, 0.25) is 0 Å². The van der Waals surface area contributed by atoms with E-state index in [0.29, 0.717) is 23.0 Å². The van der Waals surface area contributed by atoms with Crippen LogP contribution in [0, 0.1) is 18.7 Å². The van der Waals surface area contributed by atoms with Crippen LogP contribution in [0.25, 0.3) is 11.0 Å². The standard InChI is InChI=1S/C16H18FNO4/c1-4-8(2)13(16(20)21)18-15(19)14-9(3)11-7-10(17)5-6-12(11)22-14/h5-8,13H,4H2,1-3H3,(H,18,19)(H,20,21)/t8-,13-/m0/s1. The van der Waals surface area contributed by atoms with Gasteiger partial charge in [-0.25, -0.2) is 9.18 Å². The summed E-state index contributed by atoms with van der Waals surface area (Å²) in [5.41, 5.74) is 0.875. The van der Waals surface area contributed by atoms with Gasteiger partial charge in [0.25, 0.3) is 5.91 Å². The average molecular weight is 307 g/mol. The number of nitrogens with one attached hydrogen (secondary N) is 1. The van der Waals surface area contributed by atoms with E-state index in [9.17, 15) is 19.1 Å². The Hall–Kier alpha value is -2.37. The van der Waals surface area contributed by atoms with Gasteiger partial charge in [-0.05, 0) is 31.0 Å². The van der Waals surface area contributed by atoms with Crippen LogP contribution >= 0.6 is 0 Å². The molecule has 2 rings (SSSR count). The quantitative estimate of drug-likeness (QED) is 0.889. The average Bonchev–Trinajstić information content (AvgIpc) is 2.80. The summed E-state index contributed by atoms with van der Waals surface area (Å²) in [4.78, 5) is 23.6. The molecule has 2 atom stereocenters. The molecule has 2 N–H and O–H groups in total. The molecule has 0 aliphatic rings. The van der Waals surface area contributed by atoms with E-state index >= 15 is 0 Å². The van der Waals surface area contributed by atoms with Crippen molar-refractivity contribution < 1.29 is 23.5 Å². The molecule has 0 saturated heterocycles. The zero-order chi connectivity index (χ0) is 16.4. The monoisotopic (exact) mass is 307 g/mol. The van der Waals surface area contributed by atoms with Gasteiger partial charge < -0.3 is 14.8 Å². The lowest BCUT2D eigenvalue weighted by Gasteiger charge is -2.19. The van der Waals surface area contributed by atoms with Gasteiger partial charge in [-0.15, -0.1) is 0 Å². The van der Waals surface area contributed by atoms with E-state index in [-0.39, 0.29) is 11.7 Å². The Bertz CT molecular complexity index is 722. The number of aryl methyl sites for hydroxylation is 1. The maximum Gasteiger partial charge on any atom is 0.326 e. The fourth-order valence-electron chi connectivity index (χ4n) is 2.30. The van der Waals surface area contributed by atoms with Crippen molar-refractivity contribution in [3.8, 4) is 0 Å². The summed E-state index contributed by atoms with van der Waals surface area (Å²) in [7, 11) is 0. The molecule has 0 saturated carbocycles. The zero-order valence-electron chi connectivity index (χ0n) is 12.6. The van der Waals surface area contributed by atoms with Gasteiger partial charge in [0, 0.05) is 10.9 Å². The van der Waals surface area contributed by atoms with Gasteiger partial charge >= 0.3 is 5.97 Å². The van der Waals surface area contributed by atoms with Gasteiger partial charge in [-0.2, -0.15) is 0 Å². The lowest BCUT2D eigenvalue weighted by Crippen LogP contribution is -2.45. The minimum atomic E-state index is -1.09. The Kier molecular flexibility index (Phi) is 4.49. The molecule has 1 heterocycles. The van der Waals surface area contributed by atoms with Crippen LogP contribution in [0.15, 0.2) is 22.6 Å². The number of hydrogen-bond acceptors (Lipinski definition) is 3. The maximum absolute atomic E-state index is 13.3. The Labute approximate surface area is 127 Å². The van der Waals surface area contributed by atoms with Crippen molar-refractivity contribution in [3.63, 3.8) is 0 Å². The minimum Gasteiger partial charge on any atom is -0.480 e. The number of halogens is 1. The number of aliphatic carboxylic acids is 1. The van der Waals surface area contributed by atoms with E-state index in [0.717, 1.165) is 0 Å². The number of fused-ring (bicyclic) bond motifs is 1. The summed E-state index contributed by atoms with van der Waals surface area (Å²) >= 11 is 0. The number of benzene rings is 1. The molecule has 0 bridgehead atoms. The fourth-order valence-corrected chi connectivity index (χ4v) is 2.30. The van der Waals surface area contributed by atoms with Crippen LogP contribution < -0.4 is 5.32 Å². The van der Waals surface area contributed by atoms with Crippen molar-refractivity contribution in [2.75, 3.05) is 0 Å². The molecule has 0 aliphatic carbocycles. The third kappa shape index (κ3) is 2.95. The zero-order valence-corrected chi connectivity index (χ0v) is 12.6. The molecule has 0 aliphatic heterocycles. The van der Waals surface area contributed by atoms with Crippen molar-refractivity contribution in [1.82, 2.24) is 5.32 Å². The summed E-state index contributed by atoms with van der Waals surface area (Å²) in [6, 6.07) is 2.97. The number of rotatable bonds is 5. The van der Waals surface area contributed by atoms with Gasteiger partial charge in [0.1, 0.15) is 17.4 Å². The first kappa shape index (κ1) is 16.0. The molecule has 0 spiro atoms. The highest BCUT2D eigenvalue weighted by molar-refractivity contribution is 6.00. The highest BCUT2D eigenvalue weighted by Gasteiger charge is 2.28. The Morgan fingerprint density at radius 3 is 2.68 bits per heavy atom. The lowest BCUT2D eigenvalue weighted by molar-refractivity contribution is -0.140. The normalized spacial score (nSPS) is 13.8. The first-order chi connectivity index (χ1) is 10.3. The molecule has 2 aromatic rings. The van der Waals surface area contributed by atoms with E-state index in [2.05, 4.69) is 5.32 Å². The largest absolute Gasteiger partial charge is 0.480 e. The van der Waals surface area contributed by atoms with Crippen molar-refractivity contribution >= 4 is 22.8 Å². The number of amides is 1. The highest BCUT2D eigenvalue weighted by Crippen LogP contribution is 2.26. The third-order valence-electron chi connectivity index (χ3n) is 3.87. The fraction of sp³-hybridized carbons (Fsp3) is 0.375. The van der Waals surface area contributed by atoms with Crippen molar-refractivity contribution in [3.05, 3.63) is 35.3 Å². The number of furan rings is 1. The minimum absolute atomic E-state index is 0.00940. The van der Waals surface area contributed by atoms with E-state index in [4.69, 9.17) is 4.42 Å². The predicted molar refractivity (Wildman–Crippen MR) is 79.3 cm³/mol. The maximum atomic E-state index is 13.3. The second-order valence-corrected chi connectivity index (χ2v) is 5.37. The molecule has 118 valence electrons. The van der Waals surface area contributed by atoms with Crippen molar-refractivity contribution in [1.29, 1.82) is 0 Å². The van der Waals surface area contributed by atoms with Crippen LogP contribution in [0.5, 0.6) is 0 Å². The van der Waals surface area contributed by atoms with Gasteiger partial charge in [0.05, 0.1) is 0 Å². The molecule has 22 heavy (non-hydrogen) atoms. The Balaban J connectivity index is 2.33. The summed E-state index contributed by atoms with van der Waals surface area (Å²) < 4.78 is 18.7. The molecule has 5 nitrogen and oxygen atoms in total. The topological polar surface area (TPSA) is 79.5 Å². The molecule has 0 fully saturated rings. The summed E-state index contributed by atoms with van der Waals surface area (Å²) in [6.45, 7) is 5.24. The SMILES string of the molecule is CC[C@H](C)[C@H](NC(=O)c1oc2ccc(F)cc2c1C)C(=O)O. The molecule has 1 aromatic heterocycles. The molecule has 1 aromatic carbocycles. The number of carboxylic acid groups (broad SMARTS) is 1. The summed E-state index contributed by atoms with van der Waals surface area (Å²) in [5.74, 6) is -2.34. The molecular formula is C16H18FNO4. The van der Waals surface area contributed by atoms with E-state index in [1.54, 1.807) is 13.8 Å². The van der Waals surface area contributed by atoms with Crippen LogP contribution in [-0.4, -0.2) is 23.0 Å². The number of hydrogen-bond donors (Lipinski definition) is 2. The van der Waals surface area contributed by atoms with Gasteiger partial charge in [0.15, 0.2) is 5.76 Å². The number of carbonyl (C=O) groups is 2. The van der Waals surface area contributed by atoms with E-state index in [1.165, 1.54) is 18.2 Å². The lowest BCUT2D eigenvalue weighted by atomic mass is 9.99. The van der Waals surface area contributed by atoms with E-state index in [1.807, 2.05) is 6.92 Å². The van der Waals surface area contributed by atoms with Crippen LogP contribution in [-0.2, 0) is 4.79 Å². The van der Waals surface area contributed by atoms with Gasteiger partial charge in [-0.1, -0.05) is 20.3 Å². The van der Waals surface area contributed by atoms with Crippen LogP contribution in [0.2, 0.25) is 0 Å². The first-order valence-corrected chi connectivity index (χ1v) is 7.07. The molecule has 6 heteroatoms. The molecule has 1 amide bonds. The van der Waals surface area contributed by atoms with Crippen molar-refractivity contribution in [2.45, 2.75) is 33.2 Å². The summed E-state index contributed by atoms with van der Waals surface area (Å²) in [5, 5.41) is 12.2. The summed E-state index contributed by atoms with van der Waals surface area (Å²) in [6.07, 6.45) is 0.613. The number of carbonyl (C=O) groups excluding carboxylic acids is 1. The first-order valence-electron chi connectivity index (χ1n) is 7.07. The van der Waals surface area contributed by atoms with E-state index < -0.39 is 23.7 Å². The highest BCUT2D eigenvalue weighted by atomic mass is 19.1. The second-order valence-electron chi connectivity index (χ2n) is 5.37. The second kappa shape index (κ2) is 6.17. The van der Waals surface area contributed by atoms with Gasteiger partial charge in [-0.3, -0.25) is 4.79 Å². The van der Waals surface area contributed by atoms with Crippen molar-refractivity contribution in [2.24, 2.45) is 5.92 Å². The van der Waals surface area contributed by atoms with Crippen LogP contribution in [0.4, 0.5) is 4.39 Å². The number of carboxylic acids is 1.